The van der Waals surface area contributed by atoms with E-state index in [-0.39, 0.29) is 6.61 Å². The van der Waals surface area contributed by atoms with Gasteiger partial charge in [-0.3, -0.25) is 0 Å². The predicted octanol–water partition coefficient (Wildman–Crippen LogP) is 3.48. The summed E-state index contributed by atoms with van der Waals surface area (Å²) in [5, 5.41) is 8.63. The maximum atomic E-state index is 13.4. The molecule has 0 fully saturated rings. The first-order chi connectivity index (χ1) is 8.41. The lowest BCUT2D eigenvalue weighted by atomic mass is 10.1. The Kier molecular flexibility index (Phi) is 5.07. The number of ether oxygens (including phenoxy) is 1. The Bertz CT molecular complexity index is 407. The summed E-state index contributed by atoms with van der Waals surface area (Å²) in [6.07, 6.45) is 1.59. The van der Waals surface area contributed by atoms with Gasteiger partial charge in [-0.15, -0.1) is 0 Å². The van der Waals surface area contributed by atoms with Gasteiger partial charge in [0.1, 0.15) is 0 Å². The maximum absolute atomic E-state index is 13.4. The Morgan fingerprint density at radius 1 is 1.33 bits per heavy atom. The molecule has 0 saturated heterocycles. The molecule has 100 valence electrons. The average molecular weight is 258 g/mol. The van der Waals surface area contributed by atoms with Gasteiger partial charge in [0.05, 0.1) is 12.2 Å². The molecule has 0 unspecified atom stereocenters. The number of rotatable bonds is 6. The second-order valence-corrected chi connectivity index (χ2v) is 4.46. The molecule has 0 amide bonds. The SMILES string of the molecule is CC(C)CCCOc1c(F)cc(C(=O)O)cc1F. The number of hydrogen-bond acceptors (Lipinski definition) is 2. The molecule has 0 saturated carbocycles. The van der Waals surface area contributed by atoms with Gasteiger partial charge >= 0.3 is 5.97 Å². The van der Waals surface area contributed by atoms with E-state index in [1.807, 2.05) is 13.8 Å². The van der Waals surface area contributed by atoms with Crippen molar-refractivity contribution >= 4 is 5.97 Å². The highest BCUT2D eigenvalue weighted by Crippen LogP contribution is 2.23. The van der Waals surface area contributed by atoms with Gasteiger partial charge in [0.25, 0.3) is 0 Å². The fraction of sp³-hybridized carbons (Fsp3) is 0.462. The highest BCUT2D eigenvalue weighted by Gasteiger charge is 2.15. The molecular weight excluding hydrogens is 242 g/mol. The molecule has 1 rings (SSSR count). The van der Waals surface area contributed by atoms with E-state index in [4.69, 9.17) is 9.84 Å². The summed E-state index contributed by atoms with van der Waals surface area (Å²) in [5.41, 5.74) is -0.431. The monoisotopic (exact) mass is 258 g/mol. The first kappa shape index (κ1) is 14.4. The van der Waals surface area contributed by atoms with Gasteiger partial charge in [-0.25, -0.2) is 13.6 Å². The van der Waals surface area contributed by atoms with Crippen LogP contribution in [0.2, 0.25) is 0 Å². The fourth-order valence-corrected chi connectivity index (χ4v) is 1.49. The summed E-state index contributed by atoms with van der Waals surface area (Å²) in [7, 11) is 0. The van der Waals surface area contributed by atoms with E-state index < -0.39 is 28.9 Å². The molecule has 0 aliphatic carbocycles. The lowest BCUT2D eigenvalue weighted by molar-refractivity contribution is 0.0695. The van der Waals surface area contributed by atoms with Crippen LogP contribution in [0.4, 0.5) is 8.78 Å². The van der Waals surface area contributed by atoms with Crippen LogP contribution in [-0.2, 0) is 0 Å². The van der Waals surface area contributed by atoms with E-state index in [1.165, 1.54) is 0 Å². The number of carboxylic acid groups (broad SMARTS) is 1. The quantitative estimate of drug-likeness (QED) is 0.794. The molecule has 0 spiro atoms. The van der Waals surface area contributed by atoms with Crippen LogP contribution in [0, 0.1) is 17.6 Å². The number of halogens is 2. The fourth-order valence-electron chi connectivity index (χ4n) is 1.49. The van der Waals surface area contributed by atoms with E-state index in [9.17, 15) is 13.6 Å². The summed E-state index contributed by atoms with van der Waals surface area (Å²) < 4.78 is 31.9. The summed E-state index contributed by atoms with van der Waals surface area (Å²) in [4.78, 5) is 10.6. The van der Waals surface area contributed by atoms with Crippen molar-refractivity contribution in [1.82, 2.24) is 0 Å². The molecule has 5 heteroatoms. The molecule has 18 heavy (non-hydrogen) atoms. The predicted molar refractivity (Wildman–Crippen MR) is 62.9 cm³/mol. The molecule has 0 heterocycles. The minimum atomic E-state index is -1.38. The third-order valence-electron chi connectivity index (χ3n) is 2.42. The van der Waals surface area contributed by atoms with Crippen molar-refractivity contribution in [1.29, 1.82) is 0 Å². The summed E-state index contributed by atoms with van der Waals surface area (Å²) >= 11 is 0. The van der Waals surface area contributed by atoms with Gasteiger partial charge in [0, 0.05) is 0 Å². The van der Waals surface area contributed by atoms with Crippen LogP contribution in [0.15, 0.2) is 12.1 Å². The van der Waals surface area contributed by atoms with Crippen LogP contribution in [0.25, 0.3) is 0 Å². The summed E-state index contributed by atoms with van der Waals surface area (Å²) in [6.45, 7) is 4.30. The zero-order chi connectivity index (χ0) is 13.7. The zero-order valence-electron chi connectivity index (χ0n) is 10.4. The molecule has 0 atom stereocenters. The molecule has 0 bridgehead atoms. The van der Waals surface area contributed by atoms with Gasteiger partial charge in [0.2, 0.25) is 0 Å². The summed E-state index contributed by atoms with van der Waals surface area (Å²) in [6, 6.07) is 1.51. The van der Waals surface area contributed by atoms with Crippen LogP contribution in [-0.4, -0.2) is 17.7 Å². The first-order valence-electron chi connectivity index (χ1n) is 5.77. The molecule has 0 aromatic heterocycles. The van der Waals surface area contributed by atoms with Gasteiger partial charge in [-0.2, -0.15) is 0 Å². The maximum Gasteiger partial charge on any atom is 0.335 e. The van der Waals surface area contributed by atoms with Crippen molar-refractivity contribution in [3.05, 3.63) is 29.3 Å². The largest absolute Gasteiger partial charge is 0.488 e. The summed E-state index contributed by atoms with van der Waals surface area (Å²) in [5.74, 6) is -3.37. The molecule has 0 radical (unpaired) electrons. The van der Waals surface area contributed by atoms with Crippen LogP contribution in [0.3, 0.4) is 0 Å². The van der Waals surface area contributed by atoms with E-state index >= 15 is 0 Å². The smallest absolute Gasteiger partial charge is 0.335 e. The average Bonchev–Trinajstić information content (AvgIpc) is 2.26. The number of benzene rings is 1. The number of aromatic carboxylic acids is 1. The molecule has 3 nitrogen and oxygen atoms in total. The molecular formula is C13H16F2O3. The van der Waals surface area contributed by atoms with Crippen LogP contribution >= 0.6 is 0 Å². The van der Waals surface area contributed by atoms with Gasteiger partial charge in [0.15, 0.2) is 17.4 Å². The van der Waals surface area contributed by atoms with Gasteiger partial charge in [-0.1, -0.05) is 13.8 Å². The Morgan fingerprint density at radius 2 is 1.89 bits per heavy atom. The molecule has 1 N–H and O–H groups in total. The number of carboxylic acids is 1. The normalized spacial score (nSPS) is 10.7. The lowest BCUT2D eigenvalue weighted by Crippen LogP contribution is -2.05. The molecule has 0 aliphatic heterocycles. The second-order valence-electron chi connectivity index (χ2n) is 4.46. The third kappa shape index (κ3) is 3.98. The van der Waals surface area contributed by atoms with Crippen LogP contribution in [0.5, 0.6) is 5.75 Å². The van der Waals surface area contributed by atoms with E-state index in [1.54, 1.807) is 0 Å². The Balaban J connectivity index is 2.69. The van der Waals surface area contributed by atoms with Crippen molar-refractivity contribution in [3.63, 3.8) is 0 Å². The van der Waals surface area contributed by atoms with Crippen molar-refractivity contribution in [3.8, 4) is 5.75 Å². The highest BCUT2D eigenvalue weighted by molar-refractivity contribution is 5.87. The first-order valence-corrected chi connectivity index (χ1v) is 5.77. The van der Waals surface area contributed by atoms with Gasteiger partial charge in [-0.05, 0) is 30.9 Å². The van der Waals surface area contributed by atoms with Crippen LogP contribution < -0.4 is 4.74 Å². The second kappa shape index (κ2) is 6.33. The van der Waals surface area contributed by atoms with Crippen molar-refractivity contribution in [2.45, 2.75) is 26.7 Å². The zero-order valence-corrected chi connectivity index (χ0v) is 10.4. The van der Waals surface area contributed by atoms with E-state index in [0.29, 0.717) is 12.3 Å². The minimum Gasteiger partial charge on any atom is -0.488 e. The van der Waals surface area contributed by atoms with Crippen molar-refractivity contribution in [2.24, 2.45) is 5.92 Å². The topological polar surface area (TPSA) is 46.5 Å². The van der Waals surface area contributed by atoms with E-state index in [2.05, 4.69) is 0 Å². The molecule has 1 aromatic rings. The van der Waals surface area contributed by atoms with Crippen LogP contribution in [0.1, 0.15) is 37.0 Å². The molecule has 1 aromatic carbocycles. The van der Waals surface area contributed by atoms with Gasteiger partial charge < -0.3 is 9.84 Å². The lowest BCUT2D eigenvalue weighted by Gasteiger charge is -2.10. The number of carbonyl (C=O) groups is 1. The Hall–Kier alpha value is -1.65. The van der Waals surface area contributed by atoms with Crippen molar-refractivity contribution < 1.29 is 23.4 Å². The third-order valence-corrected chi connectivity index (χ3v) is 2.42. The van der Waals surface area contributed by atoms with E-state index in [0.717, 1.165) is 18.6 Å². The minimum absolute atomic E-state index is 0.207. The van der Waals surface area contributed by atoms with Crippen molar-refractivity contribution in [2.75, 3.05) is 6.61 Å². The Labute approximate surface area is 104 Å². The number of hydrogen-bond donors (Lipinski definition) is 1. The standard InChI is InChI=1S/C13H16F2O3/c1-8(2)4-3-5-18-12-10(14)6-9(13(16)17)7-11(12)15/h6-8H,3-5H2,1-2H3,(H,16,17). The molecule has 0 aliphatic rings. The highest BCUT2D eigenvalue weighted by atomic mass is 19.1. The Morgan fingerprint density at radius 3 is 2.33 bits per heavy atom.